The van der Waals surface area contributed by atoms with E-state index in [1.165, 1.54) is 13.0 Å². The van der Waals surface area contributed by atoms with Crippen molar-refractivity contribution in [3.63, 3.8) is 0 Å². The van der Waals surface area contributed by atoms with Gasteiger partial charge in [-0.2, -0.15) is 0 Å². The van der Waals surface area contributed by atoms with Crippen molar-refractivity contribution in [3.8, 4) is 5.75 Å². The van der Waals surface area contributed by atoms with Crippen molar-refractivity contribution >= 4 is 22.4 Å². The molecule has 1 aliphatic rings. The van der Waals surface area contributed by atoms with Crippen LogP contribution in [-0.2, 0) is 0 Å². The van der Waals surface area contributed by atoms with E-state index in [2.05, 4.69) is 22.9 Å². The average Bonchev–Trinajstić information content (AvgIpc) is 2.50. The molecule has 0 saturated carbocycles. The highest BCUT2D eigenvalue weighted by atomic mass is 35.5. The summed E-state index contributed by atoms with van der Waals surface area (Å²) in [4.78, 5) is 6.63. The average molecular weight is 305 g/mol. The summed E-state index contributed by atoms with van der Waals surface area (Å²) in [5.74, 6) is 0.868. The maximum absolute atomic E-state index is 6.32. The van der Waals surface area contributed by atoms with Crippen molar-refractivity contribution in [3.05, 3.63) is 35.6 Å². The van der Waals surface area contributed by atoms with Crippen molar-refractivity contribution in [2.75, 3.05) is 19.6 Å². The number of aromatic nitrogens is 1. The monoisotopic (exact) mass is 304 g/mol. The van der Waals surface area contributed by atoms with Gasteiger partial charge in [-0.05, 0) is 49.4 Å². The Morgan fingerprint density at radius 1 is 1.33 bits per heavy atom. The maximum atomic E-state index is 6.32. The van der Waals surface area contributed by atoms with E-state index in [1.807, 2.05) is 12.1 Å². The third kappa shape index (κ3) is 3.47. The van der Waals surface area contributed by atoms with Gasteiger partial charge in [0.1, 0.15) is 11.9 Å². The fourth-order valence-corrected chi connectivity index (χ4v) is 3.22. The second-order valence-electron chi connectivity index (χ2n) is 5.66. The number of pyridine rings is 1. The summed E-state index contributed by atoms with van der Waals surface area (Å²) >= 11 is 6.32. The first-order valence-electron chi connectivity index (χ1n) is 7.68. The normalized spacial score (nSPS) is 17.2. The molecule has 2 aromatic rings. The lowest BCUT2D eigenvalue weighted by Crippen LogP contribution is -2.38. The van der Waals surface area contributed by atoms with Gasteiger partial charge in [-0.1, -0.05) is 18.5 Å². The number of fused-ring (bicyclic) bond motifs is 1. The van der Waals surface area contributed by atoms with E-state index >= 15 is 0 Å². The Balaban J connectivity index is 1.68. The van der Waals surface area contributed by atoms with Gasteiger partial charge in [0.15, 0.2) is 0 Å². The number of hydrogen-bond donors (Lipinski definition) is 0. The lowest BCUT2D eigenvalue weighted by atomic mass is 10.1. The molecule has 0 N–H and O–H groups in total. The van der Waals surface area contributed by atoms with E-state index in [-0.39, 0.29) is 0 Å². The van der Waals surface area contributed by atoms with Crippen LogP contribution in [-0.4, -0.2) is 35.6 Å². The molecule has 0 radical (unpaired) electrons. The van der Waals surface area contributed by atoms with Crippen LogP contribution in [0.2, 0.25) is 5.02 Å². The van der Waals surface area contributed by atoms with Crippen LogP contribution >= 0.6 is 11.6 Å². The molecule has 1 saturated heterocycles. The van der Waals surface area contributed by atoms with Crippen LogP contribution in [0.3, 0.4) is 0 Å². The van der Waals surface area contributed by atoms with Crippen molar-refractivity contribution in [2.24, 2.45) is 0 Å². The first-order chi connectivity index (χ1) is 10.3. The Hall–Kier alpha value is -1.32. The van der Waals surface area contributed by atoms with Crippen LogP contribution in [0.25, 0.3) is 10.8 Å². The van der Waals surface area contributed by atoms with E-state index in [0.29, 0.717) is 11.1 Å². The van der Waals surface area contributed by atoms with Gasteiger partial charge in [0, 0.05) is 30.9 Å². The second kappa shape index (κ2) is 6.63. The third-order valence-corrected chi connectivity index (χ3v) is 4.37. The predicted octanol–water partition coefficient (Wildman–Crippen LogP) is 4.14. The topological polar surface area (TPSA) is 25.4 Å². The third-order valence-electron chi connectivity index (χ3n) is 4.06. The van der Waals surface area contributed by atoms with Crippen molar-refractivity contribution in [2.45, 2.75) is 32.3 Å². The molecule has 1 aromatic heterocycles. The minimum absolute atomic E-state index is 0.300. The molecule has 0 aliphatic carbocycles. The zero-order valence-corrected chi connectivity index (χ0v) is 13.1. The number of halogens is 1. The van der Waals surface area contributed by atoms with E-state index in [0.717, 1.165) is 42.5 Å². The molecule has 0 atom stereocenters. The summed E-state index contributed by atoms with van der Waals surface area (Å²) in [5, 5.41) is 2.76. The lowest BCUT2D eigenvalue weighted by Gasteiger charge is -2.31. The molecule has 2 heterocycles. The number of nitrogens with zero attached hydrogens (tertiary/aromatic N) is 2. The molecule has 0 bridgehead atoms. The molecule has 3 nitrogen and oxygen atoms in total. The highest BCUT2D eigenvalue weighted by Crippen LogP contribution is 2.30. The van der Waals surface area contributed by atoms with Gasteiger partial charge in [0.2, 0.25) is 0 Å². The minimum atomic E-state index is 0.300. The van der Waals surface area contributed by atoms with E-state index in [9.17, 15) is 0 Å². The van der Waals surface area contributed by atoms with E-state index < -0.39 is 0 Å². The summed E-state index contributed by atoms with van der Waals surface area (Å²) in [6.45, 7) is 5.68. The molecule has 1 fully saturated rings. The molecule has 21 heavy (non-hydrogen) atoms. The van der Waals surface area contributed by atoms with Gasteiger partial charge in [-0.3, -0.25) is 4.98 Å². The summed E-state index contributed by atoms with van der Waals surface area (Å²) in [7, 11) is 0. The SMILES string of the molecule is CCCN1CCC(Oc2cc(Cl)c3cnccc3c2)CC1. The predicted molar refractivity (Wildman–Crippen MR) is 87.1 cm³/mol. The fraction of sp³-hybridized carbons (Fsp3) is 0.471. The van der Waals surface area contributed by atoms with Crippen LogP contribution in [0.4, 0.5) is 0 Å². The smallest absolute Gasteiger partial charge is 0.121 e. The summed E-state index contributed by atoms with van der Waals surface area (Å²) in [6, 6.07) is 5.93. The second-order valence-corrected chi connectivity index (χ2v) is 6.07. The van der Waals surface area contributed by atoms with Crippen LogP contribution in [0, 0.1) is 0 Å². The van der Waals surface area contributed by atoms with Crippen LogP contribution in [0.5, 0.6) is 5.75 Å². The summed E-state index contributed by atoms with van der Waals surface area (Å²) in [6.07, 6.45) is 7.28. The zero-order chi connectivity index (χ0) is 14.7. The summed E-state index contributed by atoms with van der Waals surface area (Å²) < 4.78 is 6.14. The first kappa shape index (κ1) is 14.6. The van der Waals surface area contributed by atoms with Crippen molar-refractivity contribution in [1.82, 2.24) is 9.88 Å². The minimum Gasteiger partial charge on any atom is -0.490 e. The molecule has 4 heteroatoms. The van der Waals surface area contributed by atoms with Gasteiger partial charge in [-0.25, -0.2) is 0 Å². The lowest BCUT2D eigenvalue weighted by molar-refractivity contribution is 0.101. The Bertz CT molecular complexity index is 609. The molecule has 0 amide bonds. The number of benzene rings is 1. The Labute approximate surface area is 130 Å². The van der Waals surface area contributed by atoms with Crippen LogP contribution in [0.1, 0.15) is 26.2 Å². The quantitative estimate of drug-likeness (QED) is 0.849. The van der Waals surface area contributed by atoms with Gasteiger partial charge in [0.05, 0.1) is 5.02 Å². The number of hydrogen-bond acceptors (Lipinski definition) is 3. The van der Waals surface area contributed by atoms with Crippen LogP contribution in [0.15, 0.2) is 30.6 Å². The highest BCUT2D eigenvalue weighted by Gasteiger charge is 2.20. The summed E-state index contributed by atoms with van der Waals surface area (Å²) in [5.41, 5.74) is 0. The maximum Gasteiger partial charge on any atom is 0.121 e. The number of piperidine rings is 1. The largest absolute Gasteiger partial charge is 0.490 e. The van der Waals surface area contributed by atoms with Crippen molar-refractivity contribution in [1.29, 1.82) is 0 Å². The highest BCUT2D eigenvalue weighted by molar-refractivity contribution is 6.35. The van der Waals surface area contributed by atoms with Gasteiger partial charge < -0.3 is 9.64 Å². The molecule has 0 unspecified atom stereocenters. The molecule has 3 rings (SSSR count). The fourth-order valence-electron chi connectivity index (χ4n) is 2.96. The van der Waals surface area contributed by atoms with Gasteiger partial charge >= 0.3 is 0 Å². The Morgan fingerprint density at radius 2 is 2.14 bits per heavy atom. The standard InChI is InChI=1S/C17H21ClN2O/c1-2-7-20-8-4-14(5-9-20)21-15-10-13-3-6-19-12-16(13)17(18)11-15/h3,6,10-12,14H,2,4-5,7-9H2,1H3. The van der Waals surface area contributed by atoms with Crippen LogP contribution < -0.4 is 4.74 Å². The van der Waals surface area contributed by atoms with E-state index in [1.54, 1.807) is 12.4 Å². The molecular weight excluding hydrogens is 284 g/mol. The number of likely N-dealkylation sites (tertiary alicyclic amines) is 1. The Morgan fingerprint density at radius 3 is 2.90 bits per heavy atom. The zero-order valence-electron chi connectivity index (χ0n) is 12.4. The molecule has 0 spiro atoms. The van der Waals surface area contributed by atoms with E-state index in [4.69, 9.17) is 16.3 Å². The Kier molecular flexibility index (Phi) is 4.61. The molecule has 112 valence electrons. The van der Waals surface area contributed by atoms with Gasteiger partial charge in [0.25, 0.3) is 0 Å². The number of ether oxygens (including phenoxy) is 1. The molecule has 1 aromatic carbocycles. The first-order valence-corrected chi connectivity index (χ1v) is 8.06. The van der Waals surface area contributed by atoms with Gasteiger partial charge in [-0.15, -0.1) is 0 Å². The number of rotatable bonds is 4. The van der Waals surface area contributed by atoms with Crippen molar-refractivity contribution < 1.29 is 4.74 Å². The molecule has 1 aliphatic heterocycles. The molecular formula is C17H21ClN2O.